The molecule has 1 aliphatic carbocycles. The molecular formula is C21H26N8O2S. The fourth-order valence-electron chi connectivity index (χ4n) is 5.35. The number of nitriles is 1. The van der Waals surface area contributed by atoms with E-state index in [1.807, 2.05) is 37.0 Å². The molecule has 0 spiro atoms. The molecule has 11 heteroatoms. The Labute approximate surface area is 186 Å². The van der Waals surface area contributed by atoms with Crippen molar-refractivity contribution in [3.63, 3.8) is 0 Å². The van der Waals surface area contributed by atoms with E-state index in [0.29, 0.717) is 19.5 Å². The smallest absolute Gasteiger partial charge is 0.279 e. The summed E-state index contributed by atoms with van der Waals surface area (Å²) in [5, 5.41) is 15.2. The number of rotatable bonds is 6. The van der Waals surface area contributed by atoms with E-state index in [-0.39, 0.29) is 17.9 Å². The van der Waals surface area contributed by atoms with E-state index in [0.717, 1.165) is 35.1 Å². The molecule has 0 unspecified atom stereocenters. The van der Waals surface area contributed by atoms with Crippen LogP contribution in [0.2, 0.25) is 0 Å². The first-order valence-electron chi connectivity index (χ1n) is 10.8. The average molecular weight is 455 g/mol. The van der Waals surface area contributed by atoms with Crippen molar-refractivity contribution in [2.75, 3.05) is 13.1 Å². The molecule has 5 rings (SSSR count). The van der Waals surface area contributed by atoms with Crippen molar-refractivity contribution in [2.24, 2.45) is 11.8 Å². The molecule has 4 heterocycles. The second kappa shape index (κ2) is 7.65. The molecule has 0 radical (unpaired) electrons. The predicted molar refractivity (Wildman–Crippen MR) is 118 cm³/mol. The Morgan fingerprint density at radius 2 is 2.06 bits per heavy atom. The monoisotopic (exact) mass is 454 g/mol. The Hall–Kier alpha value is -2.81. The lowest BCUT2D eigenvalue weighted by Crippen LogP contribution is -2.43. The van der Waals surface area contributed by atoms with Crippen molar-refractivity contribution in [1.29, 1.82) is 5.26 Å². The Balaban J connectivity index is 1.41. The third kappa shape index (κ3) is 3.48. The molecule has 2 N–H and O–H groups in total. The normalized spacial score (nSPS) is 26.1. The molecule has 1 saturated heterocycles. The van der Waals surface area contributed by atoms with Crippen LogP contribution in [0, 0.1) is 23.2 Å². The van der Waals surface area contributed by atoms with Crippen molar-refractivity contribution in [3.8, 4) is 17.3 Å². The van der Waals surface area contributed by atoms with E-state index in [2.05, 4.69) is 30.8 Å². The van der Waals surface area contributed by atoms with Gasteiger partial charge in [-0.2, -0.15) is 27.8 Å². The average Bonchev–Trinajstić information content (AvgIpc) is 3.49. The number of nitrogens with one attached hydrogen (secondary N) is 2. The molecule has 32 heavy (non-hydrogen) atoms. The van der Waals surface area contributed by atoms with Crippen LogP contribution in [0.5, 0.6) is 0 Å². The first-order chi connectivity index (χ1) is 15.3. The standard InChI is InChI=1S/C21H26N8O2S/c1-14(2)27-32(30,31)28-10-15-7-21(4-5-22,8-16(15)11-28)29-12-17(9-26-29)19-18-3-6-23-20(18)25-13-24-19/h3,6,9,12-16,27H,4,7-8,10-11H2,1-2H3,(H,23,24,25)/t15-,16+,21-. The quantitative estimate of drug-likeness (QED) is 0.585. The maximum Gasteiger partial charge on any atom is 0.279 e. The summed E-state index contributed by atoms with van der Waals surface area (Å²) < 4.78 is 31.4. The van der Waals surface area contributed by atoms with Gasteiger partial charge in [-0.1, -0.05) is 0 Å². The highest BCUT2D eigenvalue weighted by Gasteiger charge is 2.52. The van der Waals surface area contributed by atoms with Gasteiger partial charge in [-0.05, 0) is 44.6 Å². The van der Waals surface area contributed by atoms with Gasteiger partial charge in [0.25, 0.3) is 10.2 Å². The minimum atomic E-state index is -3.48. The van der Waals surface area contributed by atoms with Gasteiger partial charge in [0.05, 0.1) is 29.9 Å². The molecule has 1 saturated carbocycles. The summed E-state index contributed by atoms with van der Waals surface area (Å²) in [4.78, 5) is 11.8. The molecule has 3 aromatic rings. The van der Waals surface area contributed by atoms with Crippen molar-refractivity contribution in [3.05, 3.63) is 31.0 Å². The molecule has 0 aromatic carbocycles. The molecule has 2 fully saturated rings. The number of nitrogens with zero attached hydrogens (tertiary/aromatic N) is 6. The number of H-pyrrole nitrogens is 1. The van der Waals surface area contributed by atoms with Gasteiger partial charge in [0.15, 0.2) is 0 Å². The Kier molecular flexibility index (Phi) is 5.03. The summed E-state index contributed by atoms with van der Waals surface area (Å²) in [6, 6.07) is 4.14. The number of fused-ring (bicyclic) bond motifs is 2. The van der Waals surface area contributed by atoms with Crippen LogP contribution in [0.25, 0.3) is 22.3 Å². The van der Waals surface area contributed by atoms with Crippen LogP contribution < -0.4 is 4.72 Å². The maximum atomic E-state index is 12.6. The van der Waals surface area contributed by atoms with Gasteiger partial charge in [-0.15, -0.1) is 0 Å². The van der Waals surface area contributed by atoms with Crippen molar-refractivity contribution < 1.29 is 8.42 Å². The van der Waals surface area contributed by atoms with Crippen LogP contribution in [-0.2, 0) is 15.7 Å². The second-order valence-electron chi connectivity index (χ2n) is 9.22. The molecule has 10 nitrogen and oxygen atoms in total. The van der Waals surface area contributed by atoms with Gasteiger partial charge in [-0.25, -0.2) is 9.97 Å². The summed E-state index contributed by atoms with van der Waals surface area (Å²) in [5.41, 5.74) is 2.00. The third-order valence-electron chi connectivity index (χ3n) is 6.66. The Bertz CT molecular complexity index is 1270. The largest absolute Gasteiger partial charge is 0.346 e. The van der Waals surface area contributed by atoms with Crippen LogP contribution in [0.15, 0.2) is 31.0 Å². The van der Waals surface area contributed by atoms with Gasteiger partial charge < -0.3 is 4.98 Å². The van der Waals surface area contributed by atoms with Crippen molar-refractivity contribution in [1.82, 2.24) is 33.8 Å². The molecule has 3 atom stereocenters. The molecule has 2 aliphatic rings. The zero-order chi connectivity index (χ0) is 22.5. The third-order valence-corrected chi connectivity index (χ3v) is 8.40. The maximum absolute atomic E-state index is 12.6. The minimum Gasteiger partial charge on any atom is -0.346 e. The van der Waals surface area contributed by atoms with E-state index >= 15 is 0 Å². The lowest BCUT2D eigenvalue weighted by atomic mass is 9.92. The molecule has 0 amide bonds. The summed E-state index contributed by atoms with van der Waals surface area (Å²) in [5.74, 6) is 0.408. The van der Waals surface area contributed by atoms with Crippen LogP contribution >= 0.6 is 0 Å². The van der Waals surface area contributed by atoms with E-state index in [1.54, 1.807) is 10.5 Å². The van der Waals surface area contributed by atoms with Crippen LogP contribution in [0.4, 0.5) is 0 Å². The number of aromatic amines is 1. The first kappa shape index (κ1) is 21.1. The van der Waals surface area contributed by atoms with E-state index < -0.39 is 15.7 Å². The van der Waals surface area contributed by atoms with E-state index in [9.17, 15) is 13.7 Å². The van der Waals surface area contributed by atoms with Crippen LogP contribution in [0.1, 0.15) is 33.1 Å². The van der Waals surface area contributed by atoms with Crippen molar-refractivity contribution in [2.45, 2.75) is 44.7 Å². The highest BCUT2D eigenvalue weighted by Crippen LogP contribution is 2.50. The molecule has 1 aliphatic heterocycles. The topological polar surface area (TPSA) is 133 Å². The number of hydrogen-bond donors (Lipinski definition) is 2. The lowest BCUT2D eigenvalue weighted by molar-refractivity contribution is 0.239. The number of hydrogen-bond acceptors (Lipinski definition) is 6. The first-order valence-corrected chi connectivity index (χ1v) is 12.2. The van der Waals surface area contributed by atoms with Gasteiger partial charge in [0, 0.05) is 42.5 Å². The fourth-order valence-corrected chi connectivity index (χ4v) is 6.87. The molecule has 0 bridgehead atoms. The van der Waals surface area contributed by atoms with E-state index in [1.165, 1.54) is 6.33 Å². The predicted octanol–water partition coefficient (Wildman–Crippen LogP) is 2.01. The summed E-state index contributed by atoms with van der Waals surface area (Å²) in [6.45, 7) is 4.59. The van der Waals surface area contributed by atoms with Crippen LogP contribution in [-0.4, -0.2) is 56.6 Å². The lowest BCUT2D eigenvalue weighted by Gasteiger charge is -2.29. The zero-order valence-electron chi connectivity index (χ0n) is 18.1. The summed E-state index contributed by atoms with van der Waals surface area (Å²) >= 11 is 0. The second-order valence-corrected chi connectivity index (χ2v) is 10.9. The number of aromatic nitrogens is 5. The highest BCUT2D eigenvalue weighted by molar-refractivity contribution is 7.87. The molecule has 168 valence electrons. The van der Waals surface area contributed by atoms with Gasteiger partial charge in [0.1, 0.15) is 12.0 Å². The Morgan fingerprint density at radius 1 is 1.31 bits per heavy atom. The molecular weight excluding hydrogens is 428 g/mol. The fraction of sp³-hybridized carbons (Fsp3) is 0.524. The summed E-state index contributed by atoms with van der Waals surface area (Å²) in [6.07, 6.45) is 8.88. The van der Waals surface area contributed by atoms with Gasteiger partial charge in [-0.3, -0.25) is 4.68 Å². The Morgan fingerprint density at radius 3 is 2.75 bits per heavy atom. The van der Waals surface area contributed by atoms with Crippen molar-refractivity contribution >= 4 is 21.2 Å². The van der Waals surface area contributed by atoms with Gasteiger partial charge >= 0.3 is 0 Å². The van der Waals surface area contributed by atoms with Crippen LogP contribution in [0.3, 0.4) is 0 Å². The minimum absolute atomic E-state index is 0.145. The highest BCUT2D eigenvalue weighted by atomic mass is 32.2. The SMILES string of the molecule is CC(C)NS(=O)(=O)N1C[C@@H]2C[C@](CC#N)(n3cc(-c4ncnc5[nH]ccc45)cn3)C[C@@H]2C1. The molecule has 3 aromatic heterocycles. The zero-order valence-corrected chi connectivity index (χ0v) is 18.9. The summed E-state index contributed by atoms with van der Waals surface area (Å²) in [7, 11) is -3.48. The van der Waals surface area contributed by atoms with Gasteiger partial charge in [0.2, 0.25) is 0 Å². The van der Waals surface area contributed by atoms with E-state index in [4.69, 9.17) is 0 Å².